The molecule has 0 aromatic carbocycles. The Morgan fingerprint density at radius 2 is 1.39 bits per heavy atom. The number of ether oxygens (including phenoxy) is 1. The monoisotopic (exact) mass is 310 g/mol. The van der Waals surface area contributed by atoms with Crippen LogP contribution in [0.4, 0.5) is 0 Å². The fourth-order valence-electron chi connectivity index (χ4n) is 1.96. The molecule has 0 saturated heterocycles. The summed E-state index contributed by atoms with van der Waals surface area (Å²) in [6, 6.07) is 0.943. The normalized spacial score (nSPS) is 14.0. The van der Waals surface area contributed by atoms with Crippen LogP contribution in [0.15, 0.2) is 0 Å². The number of aliphatic hydroxyl groups excluding tert-OH is 1. The third-order valence-corrected chi connectivity index (χ3v) is 12.2. The maximum atomic E-state index is 8.66. The molecule has 7 heteroatoms. The molecule has 0 bridgehead atoms. The van der Waals surface area contributed by atoms with Crippen LogP contribution in [0, 0.1) is 0 Å². The second kappa shape index (κ2) is 7.32. The van der Waals surface area contributed by atoms with Crippen molar-refractivity contribution in [3.05, 3.63) is 0 Å². The van der Waals surface area contributed by atoms with E-state index < -0.39 is 25.2 Å². The number of hydrogen-bond acceptors (Lipinski definition) is 4. The molecule has 0 aromatic rings. The molecule has 110 valence electrons. The second-order valence-electron chi connectivity index (χ2n) is 6.56. The zero-order valence-corrected chi connectivity index (χ0v) is 16.0. The molecule has 0 amide bonds. The van der Waals surface area contributed by atoms with E-state index in [2.05, 4.69) is 45.8 Å². The summed E-state index contributed by atoms with van der Waals surface area (Å²) in [4.78, 5) is 0. The fraction of sp³-hybridized carbons (Fsp3) is 1.00. The summed E-state index contributed by atoms with van der Waals surface area (Å²) in [6.45, 7) is 16.4. The van der Waals surface area contributed by atoms with Gasteiger partial charge in [-0.2, -0.15) is 0 Å². The molecule has 0 aromatic heterocycles. The van der Waals surface area contributed by atoms with Gasteiger partial charge in [0.2, 0.25) is 0 Å². The molecule has 0 heterocycles. The van der Waals surface area contributed by atoms with Gasteiger partial charge >= 0.3 is 8.56 Å². The molecular formula is C11H30O4Si3. The molecule has 0 spiro atoms. The van der Waals surface area contributed by atoms with Crippen LogP contribution >= 0.6 is 0 Å². The average Bonchev–Trinajstić information content (AvgIpc) is 2.06. The highest BCUT2D eigenvalue weighted by molar-refractivity contribution is 6.87. The van der Waals surface area contributed by atoms with E-state index in [0.717, 1.165) is 6.04 Å². The number of rotatable bonds is 9. The smallest absolute Gasteiger partial charge is 0.311 e. The van der Waals surface area contributed by atoms with Crippen molar-refractivity contribution in [2.45, 2.75) is 51.9 Å². The van der Waals surface area contributed by atoms with Gasteiger partial charge in [0.05, 0.1) is 13.2 Å². The van der Waals surface area contributed by atoms with Crippen molar-refractivity contribution in [3.8, 4) is 0 Å². The molecule has 0 radical (unpaired) electrons. The summed E-state index contributed by atoms with van der Waals surface area (Å²) in [5.74, 6) is 0. The van der Waals surface area contributed by atoms with Gasteiger partial charge in [0.15, 0.2) is 16.6 Å². The molecule has 0 rings (SSSR count). The molecule has 0 unspecified atom stereocenters. The van der Waals surface area contributed by atoms with Crippen LogP contribution in [0.5, 0.6) is 0 Å². The van der Waals surface area contributed by atoms with Gasteiger partial charge in [-0.25, -0.2) is 0 Å². The first-order valence-electron chi connectivity index (χ1n) is 6.56. The zero-order valence-electron chi connectivity index (χ0n) is 13.0. The van der Waals surface area contributed by atoms with Gasteiger partial charge in [-0.1, -0.05) is 0 Å². The lowest BCUT2D eigenvalue weighted by molar-refractivity contribution is 0.0998. The van der Waals surface area contributed by atoms with Crippen LogP contribution < -0.4 is 0 Å². The Labute approximate surface area is 115 Å². The molecule has 1 N–H and O–H groups in total. The van der Waals surface area contributed by atoms with Crippen LogP contribution in [-0.4, -0.2) is 50.1 Å². The van der Waals surface area contributed by atoms with Gasteiger partial charge in [0, 0.05) is 6.61 Å². The number of aliphatic hydroxyl groups is 1. The van der Waals surface area contributed by atoms with Gasteiger partial charge in [0.25, 0.3) is 0 Å². The molecule has 0 aliphatic rings. The van der Waals surface area contributed by atoms with Crippen molar-refractivity contribution in [3.63, 3.8) is 0 Å². The van der Waals surface area contributed by atoms with Crippen molar-refractivity contribution in [2.75, 3.05) is 19.8 Å². The molecular weight excluding hydrogens is 280 g/mol. The molecule has 0 saturated carbocycles. The van der Waals surface area contributed by atoms with E-state index in [0.29, 0.717) is 13.2 Å². The minimum atomic E-state index is -2.02. The first-order chi connectivity index (χ1) is 7.97. The lowest BCUT2D eigenvalue weighted by atomic mass is 10.7. The van der Waals surface area contributed by atoms with Crippen molar-refractivity contribution < 1.29 is 18.1 Å². The summed E-state index contributed by atoms with van der Waals surface area (Å²) in [5.41, 5.74) is 0. The molecule has 0 atom stereocenters. The van der Waals surface area contributed by atoms with Crippen molar-refractivity contribution in [1.29, 1.82) is 0 Å². The predicted molar refractivity (Wildman–Crippen MR) is 83.2 cm³/mol. The fourth-order valence-corrected chi connectivity index (χ4v) is 14.8. The summed E-state index contributed by atoms with van der Waals surface area (Å²) in [7, 11) is -5.30. The van der Waals surface area contributed by atoms with Crippen molar-refractivity contribution >= 4 is 25.2 Å². The van der Waals surface area contributed by atoms with Gasteiger partial charge in [-0.05, 0) is 51.9 Å². The largest absolute Gasteiger partial charge is 0.437 e. The van der Waals surface area contributed by atoms with Crippen LogP contribution in [-0.2, 0) is 13.0 Å². The lowest BCUT2D eigenvalue weighted by Crippen LogP contribution is -2.51. The third kappa shape index (κ3) is 10.4. The minimum absolute atomic E-state index is 0.0851. The van der Waals surface area contributed by atoms with Crippen LogP contribution in [0.25, 0.3) is 0 Å². The predicted octanol–water partition coefficient (Wildman–Crippen LogP) is 2.77. The van der Waals surface area contributed by atoms with E-state index in [4.69, 9.17) is 18.1 Å². The first kappa shape index (κ1) is 18.5. The Balaban J connectivity index is 4.20. The molecule has 4 nitrogen and oxygen atoms in total. The summed E-state index contributed by atoms with van der Waals surface area (Å²) in [6.07, 6.45) is 0. The molecule has 0 fully saturated rings. The lowest BCUT2D eigenvalue weighted by Gasteiger charge is -2.37. The Morgan fingerprint density at radius 1 is 0.833 bits per heavy atom. The Bertz CT molecular complexity index is 239. The summed E-state index contributed by atoms with van der Waals surface area (Å²) < 4.78 is 17.8. The van der Waals surface area contributed by atoms with Crippen LogP contribution in [0.1, 0.15) is 0 Å². The highest BCUT2D eigenvalue weighted by atomic mass is 28.5. The van der Waals surface area contributed by atoms with E-state index >= 15 is 0 Å². The highest BCUT2D eigenvalue weighted by Gasteiger charge is 2.37. The van der Waals surface area contributed by atoms with Crippen LogP contribution in [0.2, 0.25) is 51.9 Å². The maximum Gasteiger partial charge on any atom is 0.311 e. The summed E-state index contributed by atoms with van der Waals surface area (Å²) >= 11 is 0. The molecule has 0 aliphatic carbocycles. The van der Waals surface area contributed by atoms with E-state index in [1.807, 2.05) is 0 Å². The van der Waals surface area contributed by atoms with E-state index in [-0.39, 0.29) is 6.61 Å². The van der Waals surface area contributed by atoms with Crippen molar-refractivity contribution in [2.24, 2.45) is 0 Å². The maximum absolute atomic E-state index is 8.66. The number of hydrogen-bond donors (Lipinski definition) is 1. The standard InChI is InChI=1S/C11H30O4Si3/c1-16(2,3)14-18(6,7)15-17(4,5)11-10-13-9-8-12/h12H,8-11H2,1-7H3. The first-order valence-corrected chi connectivity index (χ1v) is 15.9. The molecule has 18 heavy (non-hydrogen) atoms. The van der Waals surface area contributed by atoms with Gasteiger partial charge in [-0.3, -0.25) is 0 Å². The van der Waals surface area contributed by atoms with Gasteiger partial charge in [0.1, 0.15) is 0 Å². The van der Waals surface area contributed by atoms with Gasteiger partial charge < -0.3 is 18.1 Å². The highest BCUT2D eigenvalue weighted by Crippen LogP contribution is 2.22. The van der Waals surface area contributed by atoms with E-state index in [1.165, 1.54) is 0 Å². The van der Waals surface area contributed by atoms with E-state index in [9.17, 15) is 0 Å². The topological polar surface area (TPSA) is 47.9 Å². The van der Waals surface area contributed by atoms with E-state index in [1.54, 1.807) is 0 Å². The minimum Gasteiger partial charge on any atom is -0.437 e. The third-order valence-electron chi connectivity index (χ3n) is 2.16. The average molecular weight is 311 g/mol. The van der Waals surface area contributed by atoms with Crippen LogP contribution in [0.3, 0.4) is 0 Å². The van der Waals surface area contributed by atoms with Gasteiger partial charge in [-0.15, -0.1) is 0 Å². The second-order valence-corrected chi connectivity index (χ2v) is 19.2. The summed E-state index contributed by atoms with van der Waals surface area (Å²) in [5, 5.41) is 8.66. The Kier molecular flexibility index (Phi) is 7.52. The quantitative estimate of drug-likeness (QED) is 0.525. The zero-order chi connectivity index (χ0) is 14.4. The Morgan fingerprint density at radius 3 is 1.83 bits per heavy atom. The SMILES string of the molecule is C[Si](C)(C)O[Si](C)(C)O[Si](C)(C)CCOCCO. The van der Waals surface area contributed by atoms with Crippen molar-refractivity contribution in [1.82, 2.24) is 0 Å². The molecule has 0 aliphatic heterocycles. The Hall–Kier alpha value is 0.491.